The molecule has 18 heavy (non-hydrogen) atoms. The van der Waals surface area contributed by atoms with E-state index in [9.17, 15) is 8.42 Å². The van der Waals surface area contributed by atoms with Gasteiger partial charge < -0.3 is 9.47 Å². The molecule has 8 heteroatoms. The van der Waals surface area contributed by atoms with E-state index < -0.39 is 15.6 Å². The highest BCUT2D eigenvalue weighted by Crippen LogP contribution is 2.35. The van der Waals surface area contributed by atoms with E-state index in [1.807, 2.05) is 13.8 Å². The van der Waals surface area contributed by atoms with E-state index in [2.05, 4.69) is 5.10 Å². The maximum absolute atomic E-state index is 11.4. The smallest absolute Gasteiger partial charge is 0.257 e. The number of methoxy groups -OCH3 is 1. The summed E-state index contributed by atoms with van der Waals surface area (Å²) in [5, 5.41) is 9.01. The van der Waals surface area contributed by atoms with Crippen LogP contribution in [0.4, 0.5) is 0 Å². The quantitative estimate of drug-likeness (QED) is 0.833. The Hall–Kier alpha value is -0.960. The number of hydrogen-bond donors (Lipinski definition) is 1. The first-order chi connectivity index (χ1) is 8.30. The Morgan fingerprint density at radius 3 is 2.50 bits per heavy atom. The summed E-state index contributed by atoms with van der Waals surface area (Å²) in [6, 6.07) is 1.46. The summed E-state index contributed by atoms with van der Waals surface area (Å²) in [6.45, 7) is 4.58. The number of nitrogens with zero attached hydrogens (tertiary/aromatic N) is 2. The van der Waals surface area contributed by atoms with Gasteiger partial charge in [-0.15, -0.1) is 0 Å². The fraction of sp³-hybridized carbons (Fsp3) is 0.700. The minimum Gasteiger partial charge on any atom is -0.374 e. The lowest BCUT2D eigenvalue weighted by atomic mass is 9.97. The normalized spacial score (nSPS) is 18.9. The van der Waals surface area contributed by atoms with E-state index in [0.29, 0.717) is 18.9 Å². The fourth-order valence-electron chi connectivity index (χ4n) is 1.90. The molecule has 0 radical (unpaired) electrons. The molecule has 0 atom stereocenters. The van der Waals surface area contributed by atoms with Gasteiger partial charge in [0, 0.05) is 19.2 Å². The standard InChI is InChI=1S/C10H17N3O4S/c1-7(2)13-8(10(16-3)5-17-6-10)4-9(12-13)18(11,14)15/h4,7H,5-6H2,1-3H3,(H2,11,14,15). The Kier molecular flexibility index (Phi) is 3.22. The Morgan fingerprint density at radius 2 is 2.17 bits per heavy atom. The zero-order valence-corrected chi connectivity index (χ0v) is 11.4. The van der Waals surface area contributed by atoms with Gasteiger partial charge in [-0.25, -0.2) is 13.6 Å². The molecule has 7 nitrogen and oxygen atoms in total. The second kappa shape index (κ2) is 4.30. The second-order valence-corrected chi connectivity index (χ2v) is 6.15. The second-order valence-electron chi connectivity index (χ2n) is 4.64. The van der Waals surface area contributed by atoms with Crippen molar-refractivity contribution in [1.29, 1.82) is 0 Å². The van der Waals surface area contributed by atoms with Crippen LogP contribution in [0.3, 0.4) is 0 Å². The van der Waals surface area contributed by atoms with Gasteiger partial charge >= 0.3 is 0 Å². The van der Waals surface area contributed by atoms with Gasteiger partial charge in [0.1, 0.15) is 0 Å². The predicted octanol–water partition coefficient (Wildman–Crippen LogP) is -0.0167. The van der Waals surface area contributed by atoms with Crippen molar-refractivity contribution in [2.75, 3.05) is 20.3 Å². The molecular weight excluding hydrogens is 258 g/mol. The largest absolute Gasteiger partial charge is 0.374 e. The summed E-state index contributed by atoms with van der Waals surface area (Å²) < 4.78 is 35.0. The zero-order valence-electron chi connectivity index (χ0n) is 10.6. The summed E-state index contributed by atoms with van der Waals surface area (Å²) in [4.78, 5) is 0. The first-order valence-electron chi connectivity index (χ1n) is 5.56. The molecule has 0 amide bonds. The number of primary sulfonamides is 1. The fourth-order valence-corrected chi connectivity index (χ4v) is 2.38. The summed E-state index contributed by atoms with van der Waals surface area (Å²) in [7, 11) is -2.25. The van der Waals surface area contributed by atoms with Crippen LogP contribution in [0.25, 0.3) is 0 Å². The lowest BCUT2D eigenvalue weighted by Gasteiger charge is -2.40. The number of hydrogen-bond acceptors (Lipinski definition) is 5. The molecule has 2 rings (SSSR count). The topological polar surface area (TPSA) is 96.4 Å². The molecule has 0 unspecified atom stereocenters. The van der Waals surface area contributed by atoms with Gasteiger partial charge in [-0.3, -0.25) is 4.68 Å². The SMILES string of the molecule is COC1(c2cc(S(N)(=O)=O)nn2C(C)C)COC1. The highest BCUT2D eigenvalue weighted by molar-refractivity contribution is 7.89. The highest BCUT2D eigenvalue weighted by atomic mass is 32.2. The zero-order chi connectivity index (χ0) is 13.6. The maximum Gasteiger partial charge on any atom is 0.257 e. The van der Waals surface area contributed by atoms with Crippen LogP contribution < -0.4 is 5.14 Å². The van der Waals surface area contributed by atoms with Crippen LogP contribution in [0.15, 0.2) is 11.1 Å². The molecule has 0 aromatic carbocycles. The van der Waals surface area contributed by atoms with Crippen molar-refractivity contribution in [3.05, 3.63) is 11.8 Å². The van der Waals surface area contributed by atoms with E-state index in [0.717, 1.165) is 0 Å². The van der Waals surface area contributed by atoms with Crippen LogP contribution in [0.1, 0.15) is 25.6 Å². The number of nitrogens with two attached hydrogens (primary N) is 1. The molecule has 0 spiro atoms. The summed E-state index contributed by atoms with van der Waals surface area (Å²) in [5.74, 6) is 0. The van der Waals surface area contributed by atoms with Gasteiger partial charge in [0.05, 0.1) is 18.9 Å². The van der Waals surface area contributed by atoms with Crippen LogP contribution in [0.2, 0.25) is 0 Å². The summed E-state index contributed by atoms with van der Waals surface area (Å²) in [5.41, 5.74) is 0.0514. The van der Waals surface area contributed by atoms with E-state index in [4.69, 9.17) is 14.6 Å². The third-order valence-electron chi connectivity index (χ3n) is 3.02. The lowest BCUT2D eigenvalue weighted by molar-refractivity contribution is -0.206. The molecule has 102 valence electrons. The minimum absolute atomic E-state index is 0.00289. The minimum atomic E-state index is -3.82. The molecule has 0 saturated carbocycles. The molecule has 1 saturated heterocycles. The van der Waals surface area contributed by atoms with Crippen LogP contribution in [-0.4, -0.2) is 38.5 Å². The van der Waals surface area contributed by atoms with Crippen molar-refractivity contribution in [2.24, 2.45) is 5.14 Å². The van der Waals surface area contributed by atoms with Gasteiger partial charge in [0.2, 0.25) is 0 Å². The maximum atomic E-state index is 11.4. The van der Waals surface area contributed by atoms with Crippen molar-refractivity contribution >= 4 is 10.0 Å². The van der Waals surface area contributed by atoms with Crippen molar-refractivity contribution < 1.29 is 17.9 Å². The average molecular weight is 275 g/mol. The van der Waals surface area contributed by atoms with E-state index >= 15 is 0 Å². The lowest BCUT2D eigenvalue weighted by Crippen LogP contribution is -2.49. The molecule has 0 bridgehead atoms. The number of sulfonamides is 1. The Morgan fingerprint density at radius 1 is 1.56 bits per heavy atom. The van der Waals surface area contributed by atoms with Crippen molar-refractivity contribution in [2.45, 2.75) is 30.5 Å². The summed E-state index contributed by atoms with van der Waals surface area (Å²) >= 11 is 0. The predicted molar refractivity (Wildman–Crippen MR) is 63.5 cm³/mol. The van der Waals surface area contributed by atoms with Crippen molar-refractivity contribution in [3.8, 4) is 0 Å². The van der Waals surface area contributed by atoms with Crippen LogP contribution in [-0.2, 0) is 25.1 Å². The highest BCUT2D eigenvalue weighted by Gasteiger charge is 2.44. The first kappa shape index (κ1) is 13.5. The molecule has 1 aliphatic rings. The van der Waals surface area contributed by atoms with Crippen molar-refractivity contribution in [1.82, 2.24) is 9.78 Å². The van der Waals surface area contributed by atoms with Gasteiger partial charge in [-0.2, -0.15) is 5.10 Å². The van der Waals surface area contributed by atoms with Crippen LogP contribution in [0, 0.1) is 0 Å². The van der Waals surface area contributed by atoms with Gasteiger partial charge in [0.15, 0.2) is 10.6 Å². The Bertz CT molecular complexity index is 540. The third kappa shape index (κ3) is 2.05. The van der Waals surface area contributed by atoms with Crippen molar-refractivity contribution in [3.63, 3.8) is 0 Å². The monoisotopic (exact) mass is 275 g/mol. The van der Waals surface area contributed by atoms with Crippen LogP contribution in [0.5, 0.6) is 0 Å². The molecule has 1 aromatic heterocycles. The molecule has 2 heterocycles. The molecule has 0 aliphatic carbocycles. The van der Waals surface area contributed by atoms with Gasteiger partial charge in [-0.05, 0) is 13.8 Å². The van der Waals surface area contributed by atoms with E-state index in [-0.39, 0.29) is 11.1 Å². The molecule has 1 fully saturated rings. The Balaban J connectivity index is 2.55. The van der Waals surface area contributed by atoms with E-state index in [1.54, 1.807) is 11.8 Å². The van der Waals surface area contributed by atoms with Gasteiger partial charge in [-0.1, -0.05) is 0 Å². The number of rotatable bonds is 4. The molecule has 1 aliphatic heterocycles. The van der Waals surface area contributed by atoms with E-state index in [1.165, 1.54) is 6.07 Å². The Labute approximate surface area is 106 Å². The molecule has 2 N–H and O–H groups in total. The third-order valence-corrected chi connectivity index (χ3v) is 3.80. The average Bonchev–Trinajstić information content (AvgIpc) is 2.61. The summed E-state index contributed by atoms with van der Waals surface area (Å²) in [6.07, 6.45) is 0. The number of ether oxygens (including phenoxy) is 2. The molecule has 1 aromatic rings. The van der Waals surface area contributed by atoms with Gasteiger partial charge in [0.25, 0.3) is 10.0 Å². The molecular formula is C10H17N3O4S. The first-order valence-corrected chi connectivity index (χ1v) is 7.10. The number of aromatic nitrogens is 2. The van der Waals surface area contributed by atoms with Crippen LogP contribution >= 0.6 is 0 Å².